The Balaban J connectivity index is 1.32. The number of aromatic nitrogens is 4. The highest BCUT2D eigenvalue weighted by molar-refractivity contribution is 7.99. The van der Waals surface area contributed by atoms with Crippen molar-refractivity contribution in [2.75, 3.05) is 11.1 Å². The van der Waals surface area contributed by atoms with Crippen LogP contribution in [-0.4, -0.2) is 37.3 Å². The van der Waals surface area contributed by atoms with E-state index >= 15 is 0 Å². The Morgan fingerprint density at radius 3 is 2.59 bits per heavy atom. The van der Waals surface area contributed by atoms with Crippen LogP contribution in [0.3, 0.4) is 0 Å². The van der Waals surface area contributed by atoms with Gasteiger partial charge in [-0.15, -0.1) is 21.5 Å². The second-order valence-electron chi connectivity index (χ2n) is 7.65. The Labute approximate surface area is 205 Å². The zero-order valence-corrected chi connectivity index (χ0v) is 20.6. The van der Waals surface area contributed by atoms with Gasteiger partial charge in [0.05, 0.1) is 17.5 Å². The molecule has 10 heteroatoms. The number of nitrogens with one attached hydrogen (secondary N) is 2. The van der Waals surface area contributed by atoms with Gasteiger partial charge in [-0.3, -0.25) is 9.59 Å². The Morgan fingerprint density at radius 1 is 1.09 bits per heavy atom. The summed E-state index contributed by atoms with van der Waals surface area (Å²) in [7, 11) is 1.82. The summed E-state index contributed by atoms with van der Waals surface area (Å²) in [6, 6.07) is 16.9. The Morgan fingerprint density at radius 2 is 1.82 bits per heavy atom. The van der Waals surface area contributed by atoms with Crippen LogP contribution >= 0.6 is 23.1 Å². The smallest absolute Gasteiger partial charge is 0.252 e. The van der Waals surface area contributed by atoms with E-state index in [-0.39, 0.29) is 23.6 Å². The predicted molar refractivity (Wildman–Crippen MR) is 135 cm³/mol. The summed E-state index contributed by atoms with van der Waals surface area (Å²) >= 11 is 2.66. The quantitative estimate of drug-likeness (QED) is 0.352. The molecule has 0 aliphatic carbocycles. The largest absolute Gasteiger partial charge is 0.342 e. The summed E-state index contributed by atoms with van der Waals surface area (Å²) in [4.78, 5) is 29.5. The fourth-order valence-corrected chi connectivity index (χ4v) is 4.81. The first-order valence-electron chi connectivity index (χ1n) is 10.6. The number of hydrogen-bond acceptors (Lipinski definition) is 7. The maximum absolute atomic E-state index is 12.6. The van der Waals surface area contributed by atoms with Gasteiger partial charge < -0.3 is 15.2 Å². The van der Waals surface area contributed by atoms with Gasteiger partial charge in [-0.1, -0.05) is 60.3 Å². The SMILES string of the molecule is Cc1ccccc1C(=O)N[C@H](C)c1nnc(SCC(=O)Nc2nc(-c3ccccc3)cs2)n1C. The summed E-state index contributed by atoms with van der Waals surface area (Å²) in [6.07, 6.45) is 0. The predicted octanol–water partition coefficient (Wildman–Crippen LogP) is 4.47. The first-order valence-corrected chi connectivity index (χ1v) is 12.5. The van der Waals surface area contributed by atoms with E-state index in [4.69, 9.17) is 0 Å². The molecule has 0 radical (unpaired) electrons. The van der Waals surface area contributed by atoms with Crippen molar-refractivity contribution < 1.29 is 9.59 Å². The highest BCUT2D eigenvalue weighted by Crippen LogP contribution is 2.25. The standard InChI is InChI=1S/C24H24N6O2S2/c1-15-9-7-8-12-18(15)22(32)25-16(2)21-28-29-24(30(21)3)34-14-20(31)27-23-26-19(13-33-23)17-10-5-4-6-11-17/h4-13,16H,14H2,1-3H3,(H,25,32)(H,26,27,31)/t16-/m1/s1. The number of thioether (sulfide) groups is 1. The van der Waals surface area contributed by atoms with Crippen LogP contribution in [0.25, 0.3) is 11.3 Å². The third-order valence-corrected chi connectivity index (χ3v) is 6.92. The molecule has 4 aromatic rings. The lowest BCUT2D eigenvalue weighted by molar-refractivity contribution is -0.113. The normalized spacial score (nSPS) is 11.7. The molecule has 0 fully saturated rings. The topological polar surface area (TPSA) is 102 Å². The Bertz CT molecular complexity index is 1300. The number of carbonyl (C=O) groups excluding carboxylic acids is 2. The molecular weight excluding hydrogens is 468 g/mol. The molecule has 2 heterocycles. The monoisotopic (exact) mass is 492 g/mol. The van der Waals surface area contributed by atoms with Crippen LogP contribution in [0.5, 0.6) is 0 Å². The Hall–Kier alpha value is -3.50. The van der Waals surface area contributed by atoms with Gasteiger partial charge in [0.1, 0.15) is 0 Å². The van der Waals surface area contributed by atoms with E-state index in [1.54, 1.807) is 10.6 Å². The van der Waals surface area contributed by atoms with Crippen molar-refractivity contribution in [2.24, 2.45) is 7.05 Å². The van der Waals surface area contributed by atoms with Gasteiger partial charge in [0.25, 0.3) is 5.91 Å². The van der Waals surface area contributed by atoms with E-state index in [9.17, 15) is 9.59 Å². The van der Waals surface area contributed by atoms with Gasteiger partial charge in [-0.25, -0.2) is 4.98 Å². The molecule has 8 nitrogen and oxygen atoms in total. The van der Waals surface area contributed by atoms with E-state index < -0.39 is 0 Å². The van der Waals surface area contributed by atoms with Crippen molar-refractivity contribution in [1.29, 1.82) is 0 Å². The van der Waals surface area contributed by atoms with E-state index in [2.05, 4.69) is 25.8 Å². The number of aryl methyl sites for hydroxylation is 1. The summed E-state index contributed by atoms with van der Waals surface area (Å²) < 4.78 is 1.79. The van der Waals surface area contributed by atoms with E-state index in [0.717, 1.165) is 16.8 Å². The Kier molecular flexibility index (Phi) is 7.39. The molecule has 0 aliphatic heterocycles. The van der Waals surface area contributed by atoms with E-state index in [0.29, 0.717) is 21.7 Å². The first-order chi connectivity index (χ1) is 16.4. The number of carbonyl (C=O) groups is 2. The lowest BCUT2D eigenvalue weighted by Gasteiger charge is -2.14. The van der Waals surface area contributed by atoms with Crippen molar-refractivity contribution in [3.8, 4) is 11.3 Å². The average molecular weight is 493 g/mol. The van der Waals surface area contributed by atoms with Crippen molar-refractivity contribution >= 4 is 40.0 Å². The summed E-state index contributed by atoms with van der Waals surface area (Å²) in [5.74, 6) is 0.429. The van der Waals surface area contributed by atoms with E-state index in [1.165, 1.54) is 23.1 Å². The van der Waals surface area contributed by atoms with Crippen LogP contribution in [0.1, 0.15) is 34.7 Å². The van der Waals surface area contributed by atoms with Crippen LogP contribution in [0.4, 0.5) is 5.13 Å². The fourth-order valence-electron chi connectivity index (χ4n) is 3.35. The van der Waals surface area contributed by atoms with Crippen molar-refractivity contribution in [3.63, 3.8) is 0 Å². The molecule has 0 bridgehead atoms. The lowest BCUT2D eigenvalue weighted by Crippen LogP contribution is -2.29. The first kappa shape index (κ1) is 23.7. The number of rotatable bonds is 8. The number of amides is 2. The molecule has 0 spiro atoms. The third kappa shape index (κ3) is 5.52. The second kappa shape index (κ2) is 10.6. The van der Waals surface area contributed by atoms with E-state index in [1.807, 2.05) is 74.8 Å². The number of hydrogen-bond donors (Lipinski definition) is 2. The van der Waals surface area contributed by atoms with Gasteiger partial charge in [0.2, 0.25) is 5.91 Å². The van der Waals surface area contributed by atoms with Gasteiger partial charge >= 0.3 is 0 Å². The molecule has 2 aromatic carbocycles. The number of nitrogens with zero attached hydrogens (tertiary/aromatic N) is 4. The summed E-state index contributed by atoms with van der Waals surface area (Å²) in [5, 5.41) is 17.3. The van der Waals surface area contributed by atoms with Gasteiger partial charge in [0, 0.05) is 23.6 Å². The number of anilines is 1. The minimum atomic E-state index is -0.348. The molecule has 2 N–H and O–H groups in total. The molecule has 34 heavy (non-hydrogen) atoms. The van der Waals surface area contributed by atoms with Crippen LogP contribution in [0, 0.1) is 6.92 Å². The zero-order valence-electron chi connectivity index (χ0n) is 19.0. The zero-order chi connectivity index (χ0) is 24.1. The average Bonchev–Trinajstić information content (AvgIpc) is 3.45. The summed E-state index contributed by atoms with van der Waals surface area (Å²) in [6.45, 7) is 3.75. The second-order valence-corrected chi connectivity index (χ2v) is 9.45. The van der Waals surface area contributed by atoms with Crippen LogP contribution < -0.4 is 10.6 Å². The maximum Gasteiger partial charge on any atom is 0.252 e. The fraction of sp³-hybridized carbons (Fsp3) is 0.208. The van der Waals surface area contributed by atoms with Crippen molar-refractivity contribution in [3.05, 3.63) is 76.9 Å². The highest BCUT2D eigenvalue weighted by atomic mass is 32.2. The molecule has 0 saturated carbocycles. The van der Waals surface area contributed by atoms with Crippen LogP contribution in [0.2, 0.25) is 0 Å². The highest BCUT2D eigenvalue weighted by Gasteiger charge is 2.20. The van der Waals surface area contributed by atoms with Gasteiger partial charge in [-0.2, -0.15) is 0 Å². The van der Waals surface area contributed by atoms with Crippen molar-refractivity contribution in [2.45, 2.75) is 25.0 Å². The molecule has 4 rings (SSSR count). The van der Waals surface area contributed by atoms with Gasteiger partial charge in [-0.05, 0) is 25.5 Å². The summed E-state index contributed by atoms with van der Waals surface area (Å²) in [5.41, 5.74) is 3.36. The minimum absolute atomic E-state index is 0.163. The molecule has 2 aromatic heterocycles. The molecular formula is C24H24N6O2S2. The molecule has 174 valence electrons. The third-order valence-electron chi connectivity index (χ3n) is 5.15. The van der Waals surface area contributed by atoms with Crippen LogP contribution in [-0.2, 0) is 11.8 Å². The van der Waals surface area contributed by atoms with Gasteiger partial charge in [0.15, 0.2) is 16.1 Å². The molecule has 2 amide bonds. The lowest BCUT2D eigenvalue weighted by atomic mass is 10.1. The van der Waals surface area contributed by atoms with Crippen LogP contribution in [0.15, 0.2) is 65.1 Å². The maximum atomic E-state index is 12.6. The molecule has 1 atom stereocenters. The molecule has 0 unspecified atom stereocenters. The molecule has 0 saturated heterocycles. The number of thiazole rings is 1. The van der Waals surface area contributed by atoms with Crippen molar-refractivity contribution in [1.82, 2.24) is 25.1 Å². The minimum Gasteiger partial charge on any atom is -0.342 e. The molecule has 0 aliphatic rings. The number of benzene rings is 2.